The van der Waals surface area contributed by atoms with Crippen molar-refractivity contribution in [3.05, 3.63) is 59.7 Å². The van der Waals surface area contributed by atoms with Crippen LogP contribution in [0.2, 0.25) is 0 Å². The largest absolute Gasteiger partial charge is 0.457 e. The van der Waals surface area contributed by atoms with Crippen LogP contribution in [0.25, 0.3) is 0 Å². The van der Waals surface area contributed by atoms with Crippen LogP contribution in [0.1, 0.15) is 11.1 Å². The van der Waals surface area contributed by atoms with Gasteiger partial charge in [-0.25, -0.2) is 0 Å². The van der Waals surface area contributed by atoms with E-state index in [9.17, 15) is 4.79 Å². The van der Waals surface area contributed by atoms with E-state index in [1.54, 1.807) is 24.3 Å². The Bertz CT molecular complexity index is 681. The summed E-state index contributed by atoms with van der Waals surface area (Å²) < 4.78 is 5.82. The number of carbonyl (C=O) groups excluding carboxylic acids is 1. The average molecular weight is 284 g/mol. The molecule has 0 fully saturated rings. The number of rotatable bonds is 5. The summed E-state index contributed by atoms with van der Waals surface area (Å²) in [4.78, 5) is 16.2. The number of hydrogen-bond acceptors (Lipinski definition) is 4. The van der Waals surface area contributed by atoms with Crippen LogP contribution in [0.4, 0.5) is 0 Å². The second-order valence-corrected chi connectivity index (χ2v) is 4.40. The zero-order valence-electron chi connectivity index (χ0n) is 11.9. The van der Waals surface area contributed by atoms with Crippen LogP contribution in [-0.4, -0.2) is 18.7 Å². The molecule has 0 radical (unpaired) electrons. The van der Waals surface area contributed by atoms with Gasteiger partial charge in [0.05, 0.1) is 5.56 Å². The Morgan fingerprint density at radius 2 is 1.90 bits per heavy atom. The number of amides is 1. The summed E-state index contributed by atoms with van der Waals surface area (Å²) in [5.74, 6) is 0.471. The van der Waals surface area contributed by atoms with Gasteiger partial charge in [0.1, 0.15) is 18.6 Å². The van der Waals surface area contributed by atoms with Gasteiger partial charge in [0.2, 0.25) is 0 Å². The van der Waals surface area contributed by atoms with E-state index in [1.807, 2.05) is 31.2 Å². The predicted octanol–water partition coefficient (Wildman–Crippen LogP) is 2.62. The Balaban J connectivity index is 2.41. The molecule has 0 spiro atoms. The van der Waals surface area contributed by atoms with Crippen molar-refractivity contribution < 1.29 is 14.4 Å². The quantitative estimate of drug-likeness (QED) is 0.677. The molecule has 2 aromatic rings. The van der Waals surface area contributed by atoms with Crippen LogP contribution in [0.15, 0.2) is 53.7 Å². The molecule has 2 N–H and O–H groups in total. The van der Waals surface area contributed by atoms with Crippen molar-refractivity contribution in [1.82, 2.24) is 0 Å². The molecular weight excluding hydrogens is 268 g/mol. The molecule has 0 atom stereocenters. The zero-order valence-corrected chi connectivity index (χ0v) is 11.9. The van der Waals surface area contributed by atoms with Crippen molar-refractivity contribution in [3.63, 3.8) is 0 Å². The maximum Gasteiger partial charge on any atom is 0.271 e. The predicted molar refractivity (Wildman–Crippen MR) is 80.4 cm³/mol. The first-order valence-corrected chi connectivity index (χ1v) is 6.36. The molecule has 0 saturated heterocycles. The van der Waals surface area contributed by atoms with Gasteiger partial charge in [-0.15, -0.1) is 0 Å². The van der Waals surface area contributed by atoms with E-state index < -0.39 is 5.91 Å². The van der Waals surface area contributed by atoms with Crippen LogP contribution in [0, 0.1) is 6.92 Å². The van der Waals surface area contributed by atoms with E-state index in [0.717, 1.165) is 5.56 Å². The lowest BCUT2D eigenvalue weighted by Crippen LogP contribution is -2.24. The summed E-state index contributed by atoms with van der Waals surface area (Å²) in [6.45, 7) is 1.97. The van der Waals surface area contributed by atoms with Crippen molar-refractivity contribution in [2.45, 2.75) is 6.92 Å². The number of carbonyl (C=O) groups is 1. The van der Waals surface area contributed by atoms with Gasteiger partial charge < -0.3 is 15.3 Å². The first-order valence-electron chi connectivity index (χ1n) is 6.36. The number of primary amides is 1. The highest BCUT2D eigenvalue weighted by molar-refractivity contribution is 6.45. The molecule has 0 aliphatic heterocycles. The highest BCUT2D eigenvalue weighted by atomic mass is 16.6. The number of ether oxygens (including phenoxy) is 1. The number of hydrogen-bond donors (Lipinski definition) is 1. The monoisotopic (exact) mass is 284 g/mol. The second kappa shape index (κ2) is 6.56. The molecule has 5 heteroatoms. The normalized spacial score (nSPS) is 11.0. The molecule has 0 unspecified atom stereocenters. The average Bonchev–Trinajstić information content (AvgIpc) is 2.45. The zero-order chi connectivity index (χ0) is 15.2. The van der Waals surface area contributed by atoms with Gasteiger partial charge in [0.15, 0.2) is 5.71 Å². The van der Waals surface area contributed by atoms with E-state index in [-0.39, 0.29) is 5.71 Å². The Morgan fingerprint density at radius 1 is 1.14 bits per heavy atom. The molecule has 1 amide bonds. The lowest BCUT2D eigenvalue weighted by molar-refractivity contribution is -0.112. The summed E-state index contributed by atoms with van der Waals surface area (Å²) in [6.07, 6.45) is 0. The van der Waals surface area contributed by atoms with Gasteiger partial charge in [-0.05, 0) is 36.8 Å². The molecular formula is C16H16N2O3. The molecule has 0 heterocycles. The van der Waals surface area contributed by atoms with Gasteiger partial charge in [-0.1, -0.05) is 29.4 Å². The van der Waals surface area contributed by atoms with E-state index >= 15 is 0 Å². The van der Waals surface area contributed by atoms with Gasteiger partial charge in [0, 0.05) is 0 Å². The van der Waals surface area contributed by atoms with Crippen molar-refractivity contribution in [3.8, 4) is 11.5 Å². The third-order valence-electron chi connectivity index (χ3n) is 2.78. The minimum absolute atomic E-state index is 0.0146. The Morgan fingerprint density at radius 3 is 2.57 bits per heavy atom. The van der Waals surface area contributed by atoms with E-state index in [0.29, 0.717) is 17.1 Å². The summed E-state index contributed by atoms with van der Waals surface area (Å²) in [7, 11) is 1.35. The van der Waals surface area contributed by atoms with E-state index in [2.05, 4.69) is 9.99 Å². The van der Waals surface area contributed by atoms with E-state index in [1.165, 1.54) is 7.11 Å². The number of para-hydroxylation sites is 1. The van der Waals surface area contributed by atoms with Crippen LogP contribution >= 0.6 is 0 Å². The van der Waals surface area contributed by atoms with Crippen LogP contribution in [0.5, 0.6) is 11.5 Å². The van der Waals surface area contributed by atoms with Crippen molar-refractivity contribution >= 4 is 11.6 Å². The number of aryl methyl sites for hydroxylation is 1. The highest BCUT2D eigenvalue weighted by Crippen LogP contribution is 2.26. The lowest BCUT2D eigenvalue weighted by Gasteiger charge is -2.11. The Kier molecular flexibility index (Phi) is 4.56. The number of nitrogens with zero attached hydrogens (tertiary/aromatic N) is 1. The smallest absolute Gasteiger partial charge is 0.271 e. The fourth-order valence-corrected chi connectivity index (χ4v) is 1.88. The summed E-state index contributed by atoms with van der Waals surface area (Å²) in [5, 5.41) is 3.68. The number of nitrogens with two attached hydrogens (primary N) is 1. The van der Waals surface area contributed by atoms with Crippen LogP contribution in [0.3, 0.4) is 0 Å². The van der Waals surface area contributed by atoms with Gasteiger partial charge in [-0.3, -0.25) is 4.79 Å². The van der Waals surface area contributed by atoms with Gasteiger partial charge in [-0.2, -0.15) is 0 Å². The maximum atomic E-state index is 11.5. The minimum atomic E-state index is -0.683. The third-order valence-corrected chi connectivity index (χ3v) is 2.78. The number of benzene rings is 2. The first-order chi connectivity index (χ1) is 10.1. The van der Waals surface area contributed by atoms with Crippen LogP contribution < -0.4 is 10.5 Å². The van der Waals surface area contributed by atoms with Gasteiger partial charge >= 0.3 is 0 Å². The maximum absolute atomic E-state index is 11.5. The van der Waals surface area contributed by atoms with Crippen LogP contribution in [-0.2, 0) is 9.63 Å². The lowest BCUT2D eigenvalue weighted by atomic mass is 10.1. The fraction of sp³-hybridized carbons (Fsp3) is 0.125. The first kappa shape index (κ1) is 14.6. The fourth-order valence-electron chi connectivity index (χ4n) is 1.88. The summed E-state index contributed by atoms with van der Waals surface area (Å²) in [6, 6.07) is 14.6. The molecule has 5 nitrogen and oxygen atoms in total. The van der Waals surface area contributed by atoms with E-state index in [4.69, 9.17) is 10.5 Å². The summed E-state index contributed by atoms with van der Waals surface area (Å²) in [5.41, 5.74) is 6.91. The SMILES string of the molecule is CO/N=C(\C(N)=O)c1ccccc1Oc1cccc(C)c1. The molecule has 108 valence electrons. The Hall–Kier alpha value is -2.82. The minimum Gasteiger partial charge on any atom is -0.457 e. The molecule has 0 aromatic heterocycles. The standard InChI is InChI=1S/C16H16N2O3/c1-11-6-5-7-12(10-11)21-14-9-4-3-8-13(14)15(16(17)19)18-20-2/h3-10H,1-2H3,(H2,17,19)/b18-15-. The third kappa shape index (κ3) is 3.60. The Labute approximate surface area is 123 Å². The molecule has 0 bridgehead atoms. The topological polar surface area (TPSA) is 73.9 Å². The van der Waals surface area contributed by atoms with Crippen molar-refractivity contribution in [1.29, 1.82) is 0 Å². The molecule has 2 rings (SSSR count). The van der Waals surface area contributed by atoms with Crippen molar-refractivity contribution in [2.75, 3.05) is 7.11 Å². The van der Waals surface area contributed by atoms with Crippen molar-refractivity contribution in [2.24, 2.45) is 10.9 Å². The molecule has 21 heavy (non-hydrogen) atoms. The molecule has 0 saturated carbocycles. The highest BCUT2D eigenvalue weighted by Gasteiger charge is 2.17. The molecule has 0 aliphatic carbocycles. The van der Waals surface area contributed by atoms with Gasteiger partial charge in [0.25, 0.3) is 5.91 Å². The second-order valence-electron chi connectivity index (χ2n) is 4.40. The number of oxime groups is 1. The summed E-state index contributed by atoms with van der Waals surface area (Å²) >= 11 is 0. The molecule has 2 aromatic carbocycles. The molecule has 0 aliphatic rings.